The van der Waals surface area contributed by atoms with Crippen LogP contribution in [0.1, 0.15) is 64.7 Å². The third-order valence-electron chi connectivity index (χ3n) is 3.32. The summed E-state index contributed by atoms with van der Waals surface area (Å²) in [6.45, 7) is 2.22. The molecule has 0 aromatic heterocycles. The van der Waals surface area contributed by atoms with Gasteiger partial charge in [-0.3, -0.25) is 4.79 Å². The lowest BCUT2D eigenvalue weighted by Gasteiger charge is -2.02. The van der Waals surface area contributed by atoms with Gasteiger partial charge in [0.2, 0.25) is 0 Å². The molecular weight excluding hydrogens is 288 g/mol. The van der Waals surface area contributed by atoms with E-state index in [1.807, 2.05) is 18.2 Å². The molecule has 0 heterocycles. The zero-order valence-corrected chi connectivity index (χ0v) is 14.4. The van der Waals surface area contributed by atoms with Crippen molar-refractivity contribution in [2.75, 3.05) is 0 Å². The zero-order valence-electron chi connectivity index (χ0n) is 14.4. The Morgan fingerprint density at radius 2 is 1.65 bits per heavy atom. The van der Waals surface area contributed by atoms with Gasteiger partial charge in [-0.25, -0.2) is 0 Å². The van der Waals surface area contributed by atoms with E-state index in [0.717, 1.165) is 12.8 Å². The average molecular weight is 320 g/mol. The van der Waals surface area contributed by atoms with Crippen LogP contribution in [-0.4, -0.2) is 22.3 Å². The molecule has 1 atom stereocenters. The molecule has 0 unspecified atom stereocenters. The molecule has 0 amide bonds. The maximum Gasteiger partial charge on any atom is 0.303 e. The number of aliphatic hydroxyl groups is 1. The maximum absolute atomic E-state index is 10.3. The van der Waals surface area contributed by atoms with Crippen LogP contribution in [0.15, 0.2) is 48.6 Å². The molecule has 0 aliphatic carbocycles. The van der Waals surface area contributed by atoms with Crippen molar-refractivity contribution >= 4 is 5.97 Å². The number of hydrogen-bond donors (Lipinski definition) is 2. The van der Waals surface area contributed by atoms with Crippen LogP contribution in [0.25, 0.3) is 0 Å². The fraction of sp³-hybridized carbons (Fsp3) is 0.550. The maximum atomic E-state index is 10.3. The van der Waals surface area contributed by atoms with Gasteiger partial charge in [-0.1, -0.05) is 68.4 Å². The van der Waals surface area contributed by atoms with Gasteiger partial charge < -0.3 is 10.2 Å². The molecule has 0 aromatic carbocycles. The molecule has 3 heteroatoms. The van der Waals surface area contributed by atoms with E-state index in [9.17, 15) is 9.90 Å². The van der Waals surface area contributed by atoms with Crippen molar-refractivity contribution in [1.82, 2.24) is 0 Å². The van der Waals surface area contributed by atoms with Crippen molar-refractivity contribution in [2.45, 2.75) is 70.8 Å². The standard InChI is InChI=1S/C20H32O3/c1-2-3-4-5-6-7-8-9-10-11-12-13-14-16-19(21)17-15-18-20(22)23/h6-7,9-10,12-14,16,19,21H,2-5,8,11,15,17-18H2,1H3,(H,22,23)/b7-6?,10-9?,13-12?,16-14+/t19-/m1/s1. The molecular formula is C20H32O3. The molecule has 0 bridgehead atoms. The summed E-state index contributed by atoms with van der Waals surface area (Å²) in [5.41, 5.74) is 0. The van der Waals surface area contributed by atoms with Gasteiger partial charge >= 0.3 is 5.97 Å². The number of aliphatic hydroxyl groups excluding tert-OH is 1. The first-order valence-corrected chi connectivity index (χ1v) is 8.70. The molecule has 0 spiro atoms. The molecule has 0 aromatic rings. The second-order valence-electron chi connectivity index (χ2n) is 5.58. The van der Waals surface area contributed by atoms with Crippen LogP contribution in [-0.2, 0) is 4.79 Å². The number of allylic oxidation sites excluding steroid dienone is 7. The van der Waals surface area contributed by atoms with Gasteiger partial charge in [-0.15, -0.1) is 0 Å². The SMILES string of the molecule is CCCCCC=CCC=CCC=C/C=C/[C@@H](O)CCCC(=O)O. The number of rotatable bonds is 14. The summed E-state index contributed by atoms with van der Waals surface area (Å²) < 4.78 is 0. The Hall–Kier alpha value is -1.61. The van der Waals surface area contributed by atoms with Crippen LogP contribution in [0.2, 0.25) is 0 Å². The van der Waals surface area contributed by atoms with Crippen LogP contribution >= 0.6 is 0 Å². The fourth-order valence-corrected chi connectivity index (χ4v) is 1.98. The van der Waals surface area contributed by atoms with E-state index in [0.29, 0.717) is 12.8 Å². The predicted molar refractivity (Wildman–Crippen MR) is 97.4 cm³/mol. The van der Waals surface area contributed by atoms with E-state index >= 15 is 0 Å². The quantitative estimate of drug-likeness (QED) is 0.263. The molecule has 0 aliphatic rings. The van der Waals surface area contributed by atoms with Gasteiger partial charge in [0.05, 0.1) is 6.10 Å². The minimum absolute atomic E-state index is 0.110. The second kappa shape index (κ2) is 16.8. The Balaban J connectivity index is 3.59. The summed E-state index contributed by atoms with van der Waals surface area (Å²) in [5, 5.41) is 18.1. The number of carboxylic acid groups (broad SMARTS) is 1. The normalized spacial score (nSPS) is 13.8. The summed E-state index contributed by atoms with van der Waals surface area (Å²) in [6, 6.07) is 0. The molecule has 130 valence electrons. The number of unbranched alkanes of at least 4 members (excludes halogenated alkanes) is 3. The van der Waals surface area contributed by atoms with E-state index < -0.39 is 12.1 Å². The van der Waals surface area contributed by atoms with Crippen molar-refractivity contribution in [3.63, 3.8) is 0 Å². The minimum Gasteiger partial charge on any atom is -0.481 e. The lowest BCUT2D eigenvalue weighted by atomic mass is 10.1. The molecule has 0 saturated heterocycles. The smallest absolute Gasteiger partial charge is 0.303 e. The summed E-state index contributed by atoms with van der Waals surface area (Å²) in [5.74, 6) is -0.816. The van der Waals surface area contributed by atoms with Gasteiger partial charge in [0.1, 0.15) is 0 Å². The Bertz CT molecular complexity index is 392. The average Bonchev–Trinajstić information content (AvgIpc) is 2.51. The summed E-state index contributed by atoms with van der Waals surface area (Å²) in [6.07, 6.45) is 23.6. The second-order valence-corrected chi connectivity index (χ2v) is 5.58. The van der Waals surface area contributed by atoms with E-state index in [4.69, 9.17) is 5.11 Å². The molecule has 3 nitrogen and oxygen atoms in total. The highest BCUT2D eigenvalue weighted by atomic mass is 16.4. The number of carboxylic acids is 1. The molecule has 0 rings (SSSR count). The van der Waals surface area contributed by atoms with Gasteiger partial charge in [-0.2, -0.15) is 0 Å². The zero-order chi connectivity index (χ0) is 17.2. The predicted octanol–water partition coefficient (Wildman–Crippen LogP) is 5.19. The molecule has 0 radical (unpaired) electrons. The molecule has 0 saturated carbocycles. The summed E-state index contributed by atoms with van der Waals surface area (Å²) in [4.78, 5) is 10.3. The van der Waals surface area contributed by atoms with Crippen LogP contribution < -0.4 is 0 Å². The monoisotopic (exact) mass is 320 g/mol. The largest absolute Gasteiger partial charge is 0.481 e. The van der Waals surface area contributed by atoms with Crippen molar-refractivity contribution in [3.05, 3.63) is 48.6 Å². The third-order valence-corrected chi connectivity index (χ3v) is 3.32. The molecule has 0 aliphatic heterocycles. The van der Waals surface area contributed by atoms with E-state index in [-0.39, 0.29) is 6.42 Å². The van der Waals surface area contributed by atoms with Crippen LogP contribution in [0.5, 0.6) is 0 Å². The summed E-state index contributed by atoms with van der Waals surface area (Å²) in [7, 11) is 0. The first kappa shape index (κ1) is 21.4. The van der Waals surface area contributed by atoms with E-state index in [1.54, 1.807) is 6.08 Å². The fourth-order valence-electron chi connectivity index (χ4n) is 1.98. The molecule has 0 fully saturated rings. The van der Waals surface area contributed by atoms with E-state index in [1.165, 1.54) is 25.7 Å². The van der Waals surface area contributed by atoms with Crippen molar-refractivity contribution in [3.8, 4) is 0 Å². The summed E-state index contributed by atoms with van der Waals surface area (Å²) >= 11 is 0. The Morgan fingerprint density at radius 1 is 0.957 bits per heavy atom. The number of hydrogen-bond acceptors (Lipinski definition) is 2. The third kappa shape index (κ3) is 18.3. The Kier molecular flexibility index (Phi) is 15.6. The van der Waals surface area contributed by atoms with Crippen LogP contribution in [0.4, 0.5) is 0 Å². The van der Waals surface area contributed by atoms with Gasteiger partial charge in [0.15, 0.2) is 0 Å². The number of aliphatic carboxylic acids is 1. The molecule has 23 heavy (non-hydrogen) atoms. The highest BCUT2D eigenvalue weighted by Crippen LogP contribution is 2.03. The van der Waals surface area contributed by atoms with Crippen LogP contribution in [0, 0.1) is 0 Å². The van der Waals surface area contributed by atoms with Gasteiger partial charge in [0, 0.05) is 6.42 Å². The minimum atomic E-state index is -0.816. The number of carbonyl (C=O) groups is 1. The van der Waals surface area contributed by atoms with Gasteiger partial charge in [0.25, 0.3) is 0 Å². The van der Waals surface area contributed by atoms with Gasteiger partial charge in [-0.05, 0) is 38.5 Å². The Morgan fingerprint density at radius 3 is 2.35 bits per heavy atom. The first-order valence-electron chi connectivity index (χ1n) is 8.70. The topological polar surface area (TPSA) is 57.5 Å². The highest BCUT2D eigenvalue weighted by molar-refractivity contribution is 5.66. The Labute approximate surface area is 141 Å². The first-order chi connectivity index (χ1) is 11.2. The van der Waals surface area contributed by atoms with Crippen molar-refractivity contribution in [1.29, 1.82) is 0 Å². The van der Waals surface area contributed by atoms with Crippen molar-refractivity contribution < 1.29 is 15.0 Å². The van der Waals surface area contributed by atoms with Crippen LogP contribution in [0.3, 0.4) is 0 Å². The molecule has 2 N–H and O–H groups in total. The highest BCUT2D eigenvalue weighted by Gasteiger charge is 2.01. The lowest BCUT2D eigenvalue weighted by Crippen LogP contribution is -2.03. The van der Waals surface area contributed by atoms with E-state index in [2.05, 4.69) is 31.2 Å². The van der Waals surface area contributed by atoms with Crippen molar-refractivity contribution in [2.24, 2.45) is 0 Å². The lowest BCUT2D eigenvalue weighted by molar-refractivity contribution is -0.137.